The molecule has 3 rings (SSSR count). The molecule has 20 heavy (non-hydrogen) atoms. The topological polar surface area (TPSA) is 85.4 Å². The summed E-state index contributed by atoms with van der Waals surface area (Å²) in [5.41, 5.74) is 1.66. The van der Waals surface area contributed by atoms with Gasteiger partial charge in [0.15, 0.2) is 0 Å². The van der Waals surface area contributed by atoms with E-state index in [0.29, 0.717) is 21.8 Å². The van der Waals surface area contributed by atoms with Gasteiger partial charge in [-0.05, 0) is 24.3 Å². The zero-order valence-corrected chi connectivity index (χ0v) is 10.7. The highest BCUT2D eigenvalue weighted by atomic mass is 35.5. The Morgan fingerprint density at radius 3 is 2.80 bits per heavy atom. The minimum Gasteiger partial charge on any atom is -0.401 e. The summed E-state index contributed by atoms with van der Waals surface area (Å²) in [7, 11) is 0. The first kappa shape index (κ1) is 12.4. The van der Waals surface area contributed by atoms with E-state index in [-0.39, 0.29) is 17.6 Å². The second-order valence-corrected chi connectivity index (χ2v) is 4.57. The molecule has 0 unspecified atom stereocenters. The van der Waals surface area contributed by atoms with E-state index < -0.39 is 4.92 Å². The number of benzene rings is 1. The van der Waals surface area contributed by atoms with Crippen molar-refractivity contribution in [3.05, 3.63) is 56.8 Å². The number of halogens is 1. The third-order valence-electron chi connectivity index (χ3n) is 2.84. The standard InChI is InChI=1S/C13H7ClN2O4/c14-7-1-3-9-10(13(17)15-11(9)5-7)6-8-2-4-12(20-8)16(18)19/h1-6H,(H,15,17). The predicted octanol–water partition coefficient (Wildman–Crippen LogP) is 3.33. The minimum atomic E-state index is -0.634. The number of anilines is 1. The lowest BCUT2D eigenvalue weighted by Gasteiger charge is -1.97. The number of fused-ring (bicyclic) bond motifs is 1. The minimum absolute atomic E-state index is 0.240. The van der Waals surface area contributed by atoms with Gasteiger partial charge in [-0.2, -0.15) is 0 Å². The van der Waals surface area contributed by atoms with Crippen molar-refractivity contribution < 1.29 is 14.1 Å². The molecule has 7 heteroatoms. The van der Waals surface area contributed by atoms with Gasteiger partial charge in [-0.25, -0.2) is 0 Å². The van der Waals surface area contributed by atoms with Crippen LogP contribution in [0.15, 0.2) is 34.7 Å². The molecule has 0 atom stereocenters. The number of hydrogen-bond acceptors (Lipinski definition) is 4. The van der Waals surface area contributed by atoms with Gasteiger partial charge < -0.3 is 9.73 Å². The van der Waals surface area contributed by atoms with Gasteiger partial charge in [-0.3, -0.25) is 14.9 Å². The van der Waals surface area contributed by atoms with Gasteiger partial charge in [-0.1, -0.05) is 17.7 Å². The molecule has 0 radical (unpaired) electrons. The van der Waals surface area contributed by atoms with E-state index in [0.717, 1.165) is 0 Å². The molecule has 1 N–H and O–H groups in total. The van der Waals surface area contributed by atoms with Crippen molar-refractivity contribution in [2.75, 3.05) is 5.32 Å². The summed E-state index contributed by atoms with van der Waals surface area (Å²) in [4.78, 5) is 21.8. The Morgan fingerprint density at radius 1 is 1.30 bits per heavy atom. The highest BCUT2D eigenvalue weighted by Crippen LogP contribution is 2.35. The molecule has 0 saturated heterocycles. The number of furan rings is 1. The predicted molar refractivity (Wildman–Crippen MR) is 73.3 cm³/mol. The van der Waals surface area contributed by atoms with Crippen molar-refractivity contribution in [1.82, 2.24) is 0 Å². The maximum atomic E-state index is 11.9. The van der Waals surface area contributed by atoms with Crippen molar-refractivity contribution in [1.29, 1.82) is 0 Å². The number of nitrogens with one attached hydrogen (secondary N) is 1. The van der Waals surface area contributed by atoms with Crippen LogP contribution in [0.5, 0.6) is 0 Å². The molecule has 2 aromatic rings. The van der Waals surface area contributed by atoms with Crippen LogP contribution in [0.25, 0.3) is 11.6 Å². The first-order valence-electron chi connectivity index (χ1n) is 5.62. The molecular weight excluding hydrogens is 284 g/mol. The fourth-order valence-electron chi connectivity index (χ4n) is 1.97. The molecule has 0 saturated carbocycles. The molecule has 2 heterocycles. The smallest absolute Gasteiger partial charge is 0.401 e. The average molecular weight is 291 g/mol. The number of amides is 1. The van der Waals surface area contributed by atoms with Crippen LogP contribution >= 0.6 is 11.6 Å². The van der Waals surface area contributed by atoms with Crippen LogP contribution in [-0.2, 0) is 4.79 Å². The first-order chi connectivity index (χ1) is 9.54. The molecule has 1 aliphatic rings. The summed E-state index contributed by atoms with van der Waals surface area (Å²) < 4.78 is 5.01. The van der Waals surface area contributed by atoms with E-state index in [4.69, 9.17) is 16.0 Å². The molecule has 100 valence electrons. The van der Waals surface area contributed by atoms with Crippen molar-refractivity contribution in [2.45, 2.75) is 0 Å². The van der Waals surface area contributed by atoms with Gasteiger partial charge in [0, 0.05) is 10.6 Å². The second-order valence-electron chi connectivity index (χ2n) is 4.14. The van der Waals surface area contributed by atoms with Crippen molar-refractivity contribution in [2.24, 2.45) is 0 Å². The molecule has 1 amide bonds. The number of carbonyl (C=O) groups is 1. The van der Waals surface area contributed by atoms with Crippen LogP contribution in [0.2, 0.25) is 5.02 Å². The molecule has 0 aliphatic carbocycles. The third-order valence-corrected chi connectivity index (χ3v) is 3.08. The van der Waals surface area contributed by atoms with E-state index in [9.17, 15) is 14.9 Å². The Kier molecular flexibility index (Phi) is 2.80. The summed E-state index contributed by atoms with van der Waals surface area (Å²) in [5, 5.41) is 13.7. The highest BCUT2D eigenvalue weighted by molar-refractivity contribution is 6.36. The van der Waals surface area contributed by atoms with Crippen LogP contribution < -0.4 is 5.32 Å². The van der Waals surface area contributed by atoms with Crippen molar-refractivity contribution in [3.63, 3.8) is 0 Å². The van der Waals surface area contributed by atoms with Gasteiger partial charge in [0.2, 0.25) is 0 Å². The number of rotatable bonds is 2. The van der Waals surface area contributed by atoms with Crippen LogP contribution in [0.3, 0.4) is 0 Å². The van der Waals surface area contributed by atoms with Gasteiger partial charge >= 0.3 is 5.88 Å². The van der Waals surface area contributed by atoms with Gasteiger partial charge in [0.1, 0.15) is 10.7 Å². The summed E-state index contributed by atoms with van der Waals surface area (Å²) in [6.07, 6.45) is 1.46. The van der Waals surface area contributed by atoms with Crippen LogP contribution in [0.4, 0.5) is 11.6 Å². The van der Waals surface area contributed by atoms with Gasteiger partial charge in [-0.15, -0.1) is 0 Å². The Labute approximate surface area is 117 Å². The van der Waals surface area contributed by atoms with Gasteiger partial charge in [0.25, 0.3) is 5.91 Å². The Balaban J connectivity index is 2.03. The molecule has 0 spiro atoms. The number of nitrogens with zero attached hydrogens (tertiary/aromatic N) is 1. The zero-order valence-electron chi connectivity index (χ0n) is 9.92. The zero-order chi connectivity index (χ0) is 14.3. The SMILES string of the molecule is O=C1Nc2cc(Cl)ccc2C1=Cc1ccc([N+](=O)[O-])o1. The van der Waals surface area contributed by atoms with E-state index in [2.05, 4.69) is 5.32 Å². The van der Waals surface area contributed by atoms with Crippen LogP contribution in [0, 0.1) is 10.1 Å². The average Bonchev–Trinajstić information content (AvgIpc) is 2.96. The molecule has 6 nitrogen and oxygen atoms in total. The highest BCUT2D eigenvalue weighted by Gasteiger charge is 2.25. The lowest BCUT2D eigenvalue weighted by atomic mass is 10.1. The lowest BCUT2D eigenvalue weighted by molar-refractivity contribution is -0.402. The molecular formula is C13H7ClN2O4. The van der Waals surface area contributed by atoms with Crippen LogP contribution in [0.1, 0.15) is 11.3 Å². The fourth-order valence-corrected chi connectivity index (χ4v) is 2.14. The van der Waals surface area contributed by atoms with Crippen molar-refractivity contribution in [3.8, 4) is 0 Å². The van der Waals surface area contributed by atoms with Crippen molar-refractivity contribution >= 4 is 40.7 Å². The molecule has 1 aromatic carbocycles. The third kappa shape index (κ3) is 2.06. The second kappa shape index (κ2) is 4.50. The fraction of sp³-hybridized carbons (Fsp3) is 0. The Morgan fingerprint density at radius 2 is 2.10 bits per heavy atom. The normalized spacial score (nSPS) is 15.2. The quantitative estimate of drug-likeness (QED) is 0.522. The lowest BCUT2D eigenvalue weighted by Crippen LogP contribution is -2.03. The molecule has 0 bridgehead atoms. The van der Waals surface area contributed by atoms with E-state index in [1.165, 1.54) is 18.2 Å². The monoisotopic (exact) mass is 290 g/mol. The summed E-state index contributed by atoms with van der Waals surface area (Å²) in [6.45, 7) is 0. The molecule has 0 fully saturated rings. The Bertz CT molecular complexity index is 763. The number of nitro groups is 1. The van der Waals surface area contributed by atoms with E-state index in [1.807, 2.05) is 0 Å². The maximum Gasteiger partial charge on any atom is 0.433 e. The summed E-state index contributed by atoms with van der Waals surface area (Å²) >= 11 is 5.85. The summed E-state index contributed by atoms with van der Waals surface area (Å²) in [6, 6.07) is 7.69. The van der Waals surface area contributed by atoms with E-state index in [1.54, 1.807) is 18.2 Å². The van der Waals surface area contributed by atoms with Gasteiger partial charge in [0.05, 0.1) is 17.3 Å². The molecule has 1 aliphatic heterocycles. The van der Waals surface area contributed by atoms with E-state index >= 15 is 0 Å². The van der Waals surface area contributed by atoms with Crippen LogP contribution in [-0.4, -0.2) is 10.8 Å². The number of carbonyl (C=O) groups excluding carboxylic acids is 1. The summed E-state index contributed by atoms with van der Waals surface area (Å²) in [5.74, 6) is -0.433. The largest absolute Gasteiger partial charge is 0.433 e. The number of hydrogen-bond donors (Lipinski definition) is 1. The first-order valence-corrected chi connectivity index (χ1v) is 5.99. The Hall–Kier alpha value is -2.60. The molecule has 1 aromatic heterocycles. The maximum absolute atomic E-state index is 11.9.